The molecular formula is C21H20N4O2. The lowest BCUT2D eigenvalue weighted by atomic mass is 10.2. The van der Waals surface area contributed by atoms with Crippen molar-refractivity contribution in [3.8, 4) is 17.7 Å². The van der Waals surface area contributed by atoms with Crippen LogP contribution < -0.4 is 4.74 Å². The van der Waals surface area contributed by atoms with Crippen LogP contribution in [0.2, 0.25) is 0 Å². The third kappa shape index (κ3) is 4.59. The molecule has 4 rings (SSSR count). The van der Waals surface area contributed by atoms with Gasteiger partial charge in [0.1, 0.15) is 12.1 Å². The van der Waals surface area contributed by atoms with E-state index < -0.39 is 0 Å². The first kappa shape index (κ1) is 17.4. The molecule has 136 valence electrons. The van der Waals surface area contributed by atoms with E-state index in [9.17, 15) is 0 Å². The Hall–Kier alpha value is -3.01. The zero-order valence-corrected chi connectivity index (χ0v) is 15.0. The number of hydrogen-bond donors (Lipinski definition) is 0. The molecule has 1 aromatic carbocycles. The lowest BCUT2D eigenvalue weighted by molar-refractivity contribution is 0.0320. The first-order chi connectivity index (χ1) is 13.4. The maximum Gasteiger partial charge on any atom is 0.249 e. The standard InChI is InChI=1S/C21H20N4O2/c1-2-5-17(6-3-1)8-9-19-21(24-18-7-4-10-22-20(18)23-19)27-16-13-25-11-14-26-15-12-25/h1-7,10H,11-16H2. The predicted octanol–water partition coefficient (Wildman–Crippen LogP) is 2.14. The molecule has 2 aromatic heterocycles. The van der Waals surface area contributed by atoms with Gasteiger partial charge in [-0.15, -0.1) is 0 Å². The molecule has 0 aliphatic carbocycles. The van der Waals surface area contributed by atoms with Crippen LogP contribution in [0.5, 0.6) is 5.88 Å². The van der Waals surface area contributed by atoms with Crippen LogP contribution in [0, 0.1) is 11.8 Å². The largest absolute Gasteiger partial charge is 0.474 e. The van der Waals surface area contributed by atoms with Crippen LogP contribution in [0.25, 0.3) is 11.2 Å². The average molecular weight is 360 g/mol. The quantitative estimate of drug-likeness (QED) is 0.665. The third-order valence-electron chi connectivity index (χ3n) is 4.26. The second kappa shape index (κ2) is 8.58. The van der Waals surface area contributed by atoms with Gasteiger partial charge in [-0.05, 0) is 30.2 Å². The molecular weight excluding hydrogens is 340 g/mol. The Morgan fingerprint density at radius 3 is 2.70 bits per heavy atom. The molecule has 0 bridgehead atoms. The summed E-state index contributed by atoms with van der Waals surface area (Å²) in [5, 5.41) is 0. The highest BCUT2D eigenvalue weighted by Gasteiger charge is 2.12. The van der Waals surface area contributed by atoms with Gasteiger partial charge in [0.2, 0.25) is 5.88 Å². The van der Waals surface area contributed by atoms with Gasteiger partial charge in [0.05, 0.1) is 13.2 Å². The Labute approximate surface area is 158 Å². The van der Waals surface area contributed by atoms with E-state index in [1.807, 2.05) is 42.5 Å². The van der Waals surface area contributed by atoms with Crippen molar-refractivity contribution < 1.29 is 9.47 Å². The van der Waals surface area contributed by atoms with Gasteiger partial charge >= 0.3 is 0 Å². The minimum absolute atomic E-state index is 0.451. The van der Waals surface area contributed by atoms with Crippen LogP contribution in [-0.4, -0.2) is 59.3 Å². The number of ether oxygens (including phenoxy) is 2. The predicted molar refractivity (Wildman–Crippen MR) is 103 cm³/mol. The lowest BCUT2D eigenvalue weighted by Gasteiger charge is -2.26. The smallest absolute Gasteiger partial charge is 0.249 e. The maximum absolute atomic E-state index is 5.95. The van der Waals surface area contributed by atoms with Crippen molar-refractivity contribution in [3.05, 3.63) is 59.9 Å². The molecule has 3 heterocycles. The molecule has 27 heavy (non-hydrogen) atoms. The van der Waals surface area contributed by atoms with E-state index in [1.54, 1.807) is 6.20 Å². The van der Waals surface area contributed by atoms with Crippen molar-refractivity contribution in [3.63, 3.8) is 0 Å². The van der Waals surface area contributed by atoms with E-state index in [1.165, 1.54) is 0 Å². The van der Waals surface area contributed by atoms with Crippen molar-refractivity contribution >= 4 is 11.2 Å². The van der Waals surface area contributed by atoms with Crippen LogP contribution in [0.3, 0.4) is 0 Å². The molecule has 1 aliphatic rings. The van der Waals surface area contributed by atoms with Gasteiger partial charge < -0.3 is 9.47 Å². The Morgan fingerprint density at radius 2 is 1.85 bits per heavy atom. The first-order valence-electron chi connectivity index (χ1n) is 9.01. The fourth-order valence-corrected chi connectivity index (χ4v) is 2.81. The third-order valence-corrected chi connectivity index (χ3v) is 4.26. The Morgan fingerprint density at radius 1 is 1.00 bits per heavy atom. The molecule has 0 unspecified atom stereocenters. The van der Waals surface area contributed by atoms with E-state index >= 15 is 0 Å². The first-order valence-corrected chi connectivity index (χ1v) is 9.01. The highest BCUT2D eigenvalue weighted by molar-refractivity contribution is 5.71. The van der Waals surface area contributed by atoms with Gasteiger partial charge in [0.25, 0.3) is 0 Å². The van der Waals surface area contributed by atoms with E-state index in [4.69, 9.17) is 9.47 Å². The minimum atomic E-state index is 0.451. The van der Waals surface area contributed by atoms with Crippen LogP contribution in [0.1, 0.15) is 11.3 Å². The normalized spacial score (nSPS) is 14.5. The Bertz CT molecular complexity index is 960. The molecule has 1 fully saturated rings. The highest BCUT2D eigenvalue weighted by Crippen LogP contribution is 2.17. The van der Waals surface area contributed by atoms with Gasteiger partial charge in [0.15, 0.2) is 11.3 Å². The number of benzene rings is 1. The molecule has 3 aromatic rings. The molecule has 1 saturated heterocycles. The van der Waals surface area contributed by atoms with Gasteiger partial charge in [-0.3, -0.25) is 4.90 Å². The summed E-state index contributed by atoms with van der Waals surface area (Å²) < 4.78 is 11.3. The van der Waals surface area contributed by atoms with E-state index in [0.29, 0.717) is 29.3 Å². The molecule has 0 atom stereocenters. The molecule has 1 aliphatic heterocycles. The second-order valence-corrected chi connectivity index (χ2v) is 6.14. The summed E-state index contributed by atoms with van der Waals surface area (Å²) in [6, 6.07) is 13.5. The number of fused-ring (bicyclic) bond motifs is 1. The molecule has 6 heteroatoms. The van der Waals surface area contributed by atoms with E-state index in [-0.39, 0.29) is 0 Å². The Balaban J connectivity index is 1.56. The van der Waals surface area contributed by atoms with Gasteiger partial charge in [-0.2, -0.15) is 0 Å². The summed E-state index contributed by atoms with van der Waals surface area (Å²) in [4.78, 5) is 15.7. The average Bonchev–Trinajstić information content (AvgIpc) is 2.73. The minimum Gasteiger partial charge on any atom is -0.474 e. The van der Waals surface area contributed by atoms with E-state index in [0.717, 1.165) is 38.4 Å². The topological polar surface area (TPSA) is 60.4 Å². The monoisotopic (exact) mass is 360 g/mol. The zero-order valence-electron chi connectivity index (χ0n) is 15.0. The van der Waals surface area contributed by atoms with Crippen LogP contribution in [-0.2, 0) is 4.74 Å². The van der Waals surface area contributed by atoms with Crippen molar-refractivity contribution in [2.45, 2.75) is 0 Å². The van der Waals surface area contributed by atoms with Gasteiger partial charge in [-0.1, -0.05) is 24.1 Å². The molecule has 0 saturated carbocycles. The molecule has 0 amide bonds. The number of morpholine rings is 1. The van der Waals surface area contributed by atoms with Crippen molar-refractivity contribution in [2.24, 2.45) is 0 Å². The van der Waals surface area contributed by atoms with Crippen LogP contribution >= 0.6 is 0 Å². The highest BCUT2D eigenvalue weighted by atomic mass is 16.5. The number of pyridine rings is 1. The molecule has 0 spiro atoms. The Kier molecular flexibility index (Phi) is 5.53. The van der Waals surface area contributed by atoms with Crippen LogP contribution in [0.15, 0.2) is 48.7 Å². The van der Waals surface area contributed by atoms with Gasteiger partial charge in [0, 0.05) is 31.4 Å². The zero-order chi connectivity index (χ0) is 18.3. The molecule has 0 radical (unpaired) electrons. The summed E-state index contributed by atoms with van der Waals surface area (Å²) in [7, 11) is 0. The van der Waals surface area contributed by atoms with Crippen molar-refractivity contribution in [2.75, 3.05) is 39.5 Å². The fourth-order valence-electron chi connectivity index (χ4n) is 2.81. The summed E-state index contributed by atoms with van der Waals surface area (Å²) in [6.45, 7) is 4.75. The number of nitrogens with zero attached hydrogens (tertiary/aromatic N) is 4. The molecule has 0 N–H and O–H groups in total. The lowest BCUT2D eigenvalue weighted by Crippen LogP contribution is -2.38. The summed E-state index contributed by atoms with van der Waals surface area (Å²) >= 11 is 0. The van der Waals surface area contributed by atoms with Crippen LogP contribution in [0.4, 0.5) is 0 Å². The summed E-state index contributed by atoms with van der Waals surface area (Å²) in [5.41, 5.74) is 2.69. The number of rotatable bonds is 4. The van der Waals surface area contributed by atoms with Gasteiger partial charge in [-0.25, -0.2) is 15.0 Å². The number of aromatic nitrogens is 3. The fraction of sp³-hybridized carbons (Fsp3) is 0.286. The maximum atomic E-state index is 5.95. The van der Waals surface area contributed by atoms with Crippen molar-refractivity contribution in [1.29, 1.82) is 0 Å². The summed E-state index contributed by atoms with van der Waals surface area (Å²) in [5.74, 6) is 6.66. The SMILES string of the molecule is C(#Cc1nc2ncccc2nc1OCCN1CCOCC1)c1ccccc1. The van der Waals surface area contributed by atoms with Crippen molar-refractivity contribution in [1.82, 2.24) is 19.9 Å². The number of hydrogen-bond acceptors (Lipinski definition) is 6. The second-order valence-electron chi connectivity index (χ2n) is 6.14. The molecule has 6 nitrogen and oxygen atoms in total. The van der Waals surface area contributed by atoms with E-state index in [2.05, 4.69) is 31.7 Å². The summed E-state index contributed by atoms with van der Waals surface area (Å²) in [6.07, 6.45) is 1.70.